The van der Waals surface area contributed by atoms with Crippen LogP contribution in [0, 0.1) is 0 Å². The van der Waals surface area contributed by atoms with E-state index in [9.17, 15) is 9.59 Å². The second-order valence-electron chi connectivity index (χ2n) is 3.32. The molecule has 2 N–H and O–H groups in total. The van der Waals surface area contributed by atoms with Crippen molar-refractivity contribution >= 4 is 23.5 Å². The Morgan fingerprint density at radius 2 is 2.12 bits per heavy atom. The summed E-state index contributed by atoms with van der Waals surface area (Å²) >= 11 is 5.74. The minimum atomic E-state index is -1.14. The van der Waals surface area contributed by atoms with Crippen molar-refractivity contribution in [2.75, 3.05) is 7.05 Å². The fourth-order valence-electron chi connectivity index (χ4n) is 1.22. The van der Waals surface area contributed by atoms with Crippen LogP contribution in [0.5, 0.6) is 5.75 Å². The summed E-state index contributed by atoms with van der Waals surface area (Å²) in [5.41, 5.74) is -0.0369. The lowest BCUT2D eigenvalue weighted by Crippen LogP contribution is -2.34. The van der Waals surface area contributed by atoms with Crippen molar-refractivity contribution in [3.05, 3.63) is 28.8 Å². The first kappa shape index (κ1) is 13.3. The van der Waals surface area contributed by atoms with Crippen molar-refractivity contribution in [2.45, 2.75) is 13.0 Å². The Labute approximate surface area is 103 Å². The third-order valence-electron chi connectivity index (χ3n) is 2.09. The molecule has 6 heteroatoms. The number of rotatable bonds is 4. The number of amides is 1. The molecule has 0 aliphatic carbocycles. The van der Waals surface area contributed by atoms with Crippen LogP contribution in [0.3, 0.4) is 0 Å². The van der Waals surface area contributed by atoms with E-state index in [-0.39, 0.29) is 17.2 Å². The predicted molar refractivity (Wildman–Crippen MR) is 62.6 cm³/mol. The Morgan fingerprint density at radius 3 is 2.65 bits per heavy atom. The molecule has 5 nitrogen and oxygen atoms in total. The molecule has 0 spiro atoms. The highest BCUT2D eigenvalue weighted by molar-refractivity contribution is 6.30. The number of ether oxygens (including phenoxy) is 1. The summed E-state index contributed by atoms with van der Waals surface area (Å²) in [6.07, 6.45) is -0.795. The van der Waals surface area contributed by atoms with Crippen molar-refractivity contribution in [3.63, 3.8) is 0 Å². The molecule has 0 bridgehead atoms. The molecule has 92 valence electrons. The summed E-state index contributed by atoms with van der Waals surface area (Å²) in [4.78, 5) is 22.2. The van der Waals surface area contributed by atoms with Crippen molar-refractivity contribution in [3.8, 4) is 5.75 Å². The Kier molecular flexibility index (Phi) is 4.34. The van der Waals surface area contributed by atoms with Gasteiger partial charge in [0, 0.05) is 12.1 Å². The maximum Gasteiger partial charge on any atom is 0.339 e. The maximum atomic E-state index is 11.3. The van der Waals surface area contributed by atoms with Crippen LogP contribution in [-0.4, -0.2) is 30.1 Å². The van der Waals surface area contributed by atoms with Gasteiger partial charge in [0.15, 0.2) is 6.10 Å². The molecule has 0 aromatic heterocycles. The van der Waals surface area contributed by atoms with Gasteiger partial charge in [-0.3, -0.25) is 4.79 Å². The molecule has 1 atom stereocenters. The highest BCUT2D eigenvalue weighted by Gasteiger charge is 2.18. The number of halogens is 1. The van der Waals surface area contributed by atoms with E-state index in [4.69, 9.17) is 21.4 Å². The molecule has 0 aliphatic rings. The third-order valence-corrected chi connectivity index (χ3v) is 2.33. The summed E-state index contributed by atoms with van der Waals surface area (Å²) in [6, 6.07) is 4.14. The molecule has 0 aliphatic heterocycles. The smallest absolute Gasteiger partial charge is 0.339 e. The summed E-state index contributed by atoms with van der Waals surface area (Å²) in [5.74, 6) is -1.41. The number of carbonyl (C=O) groups excluding carboxylic acids is 1. The largest absolute Gasteiger partial charge is 0.480 e. The summed E-state index contributed by atoms with van der Waals surface area (Å²) < 4.78 is 5.26. The normalized spacial score (nSPS) is 11.7. The number of carboxylic acids is 1. The first-order valence-electron chi connectivity index (χ1n) is 4.86. The van der Waals surface area contributed by atoms with Gasteiger partial charge in [0.2, 0.25) is 0 Å². The number of benzene rings is 1. The molecule has 1 amide bonds. The van der Waals surface area contributed by atoms with Crippen molar-refractivity contribution in [1.29, 1.82) is 0 Å². The van der Waals surface area contributed by atoms with Crippen LogP contribution in [0.15, 0.2) is 18.2 Å². The molecule has 0 saturated carbocycles. The topological polar surface area (TPSA) is 75.6 Å². The standard InChI is InChI=1S/C11H12ClNO4/c1-6(10(14)13-2)17-9-5-7(12)3-4-8(9)11(15)16/h3-6H,1-2H3,(H,13,14)(H,15,16). The average Bonchev–Trinajstić information content (AvgIpc) is 2.27. The van der Waals surface area contributed by atoms with Gasteiger partial charge in [-0.05, 0) is 25.1 Å². The Hall–Kier alpha value is -1.75. The lowest BCUT2D eigenvalue weighted by atomic mass is 10.2. The summed E-state index contributed by atoms with van der Waals surface area (Å²) in [7, 11) is 1.47. The zero-order valence-corrected chi connectivity index (χ0v) is 10.1. The van der Waals surface area contributed by atoms with Crippen LogP contribution in [0.1, 0.15) is 17.3 Å². The molecule has 0 heterocycles. The van der Waals surface area contributed by atoms with Gasteiger partial charge in [0.25, 0.3) is 5.91 Å². The Balaban J connectivity index is 3.00. The molecule has 1 rings (SSSR count). The van der Waals surface area contributed by atoms with Crippen LogP contribution in [0.4, 0.5) is 0 Å². The predicted octanol–water partition coefficient (Wildman–Crippen LogP) is 1.55. The zero-order chi connectivity index (χ0) is 13.0. The quantitative estimate of drug-likeness (QED) is 0.858. The number of nitrogens with one attached hydrogen (secondary N) is 1. The molecule has 0 radical (unpaired) electrons. The van der Waals surface area contributed by atoms with E-state index in [0.29, 0.717) is 5.02 Å². The third kappa shape index (κ3) is 3.35. The SMILES string of the molecule is CNC(=O)C(C)Oc1cc(Cl)ccc1C(=O)O. The molecular formula is C11H12ClNO4. The van der Waals surface area contributed by atoms with Crippen LogP contribution in [0.25, 0.3) is 0 Å². The van der Waals surface area contributed by atoms with E-state index in [2.05, 4.69) is 5.32 Å². The minimum Gasteiger partial charge on any atom is -0.480 e. The molecule has 0 fully saturated rings. The lowest BCUT2D eigenvalue weighted by molar-refractivity contribution is -0.126. The molecule has 1 unspecified atom stereocenters. The number of hydrogen-bond donors (Lipinski definition) is 2. The molecule has 1 aromatic carbocycles. The van der Waals surface area contributed by atoms with E-state index in [1.807, 2.05) is 0 Å². The van der Waals surface area contributed by atoms with Crippen molar-refractivity contribution in [2.24, 2.45) is 0 Å². The molecular weight excluding hydrogens is 246 g/mol. The second kappa shape index (κ2) is 5.54. The van der Waals surface area contributed by atoms with Gasteiger partial charge < -0.3 is 15.2 Å². The fraction of sp³-hybridized carbons (Fsp3) is 0.273. The van der Waals surface area contributed by atoms with Gasteiger partial charge in [0.05, 0.1) is 0 Å². The summed E-state index contributed by atoms with van der Waals surface area (Å²) in [6.45, 7) is 1.52. The first-order chi connectivity index (χ1) is 7.95. The minimum absolute atomic E-state index is 0.0369. The van der Waals surface area contributed by atoms with E-state index in [0.717, 1.165) is 0 Å². The molecule has 17 heavy (non-hydrogen) atoms. The van der Waals surface area contributed by atoms with E-state index in [1.165, 1.54) is 32.2 Å². The first-order valence-corrected chi connectivity index (χ1v) is 5.24. The van der Waals surface area contributed by atoms with E-state index < -0.39 is 12.1 Å². The Morgan fingerprint density at radius 1 is 1.47 bits per heavy atom. The highest BCUT2D eigenvalue weighted by Crippen LogP contribution is 2.24. The van der Waals surface area contributed by atoms with Crippen molar-refractivity contribution < 1.29 is 19.4 Å². The van der Waals surface area contributed by atoms with Gasteiger partial charge in [-0.2, -0.15) is 0 Å². The molecule has 0 saturated heterocycles. The fourth-order valence-corrected chi connectivity index (χ4v) is 1.38. The van der Waals surface area contributed by atoms with Gasteiger partial charge in [-0.1, -0.05) is 11.6 Å². The van der Waals surface area contributed by atoms with Crippen LogP contribution >= 0.6 is 11.6 Å². The van der Waals surface area contributed by atoms with Gasteiger partial charge in [-0.25, -0.2) is 4.79 Å². The number of aromatic carboxylic acids is 1. The van der Waals surface area contributed by atoms with Crippen LogP contribution in [-0.2, 0) is 4.79 Å². The monoisotopic (exact) mass is 257 g/mol. The maximum absolute atomic E-state index is 11.3. The lowest BCUT2D eigenvalue weighted by Gasteiger charge is -2.15. The average molecular weight is 258 g/mol. The van der Waals surface area contributed by atoms with Gasteiger partial charge in [0.1, 0.15) is 11.3 Å². The van der Waals surface area contributed by atoms with Gasteiger partial charge in [-0.15, -0.1) is 0 Å². The van der Waals surface area contributed by atoms with E-state index in [1.54, 1.807) is 0 Å². The number of likely N-dealkylation sites (N-methyl/N-ethyl adjacent to an activating group) is 1. The highest BCUT2D eigenvalue weighted by atomic mass is 35.5. The number of hydrogen-bond acceptors (Lipinski definition) is 3. The van der Waals surface area contributed by atoms with Gasteiger partial charge >= 0.3 is 5.97 Å². The second-order valence-corrected chi connectivity index (χ2v) is 3.76. The number of carboxylic acid groups (broad SMARTS) is 1. The zero-order valence-electron chi connectivity index (χ0n) is 9.36. The number of carbonyl (C=O) groups is 2. The molecule has 1 aromatic rings. The summed E-state index contributed by atoms with van der Waals surface area (Å²) in [5, 5.41) is 11.7. The van der Waals surface area contributed by atoms with Crippen LogP contribution < -0.4 is 10.1 Å². The van der Waals surface area contributed by atoms with Crippen molar-refractivity contribution in [1.82, 2.24) is 5.32 Å². The van der Waals surface area contributed by atoms with E-state index >= 15 is 0 Å². The van der Waals surface area contributed by atoms with Crippen LogP contribution in [0.2, 0.25) is 5.02 Å². The Bertz CT molecular complexity index is 447.